The first kappa shape index (κ1) is 14.7. The maximum atomic E-state index is 12.6. The molecular formula is C14H24N2O2S. The lowest BCUT2D eigenvalue weighted by Crippen LogP contribution is -2.54. The van der Waals surface area contributed by atoms with Crippen LogP contribution in [-0.2, 0) is 9.59 Å². The topological polar surface area (TPSA) is 49.4 Å². The Morgan fingerprint density at radius 2 is 1.89 bits per heavy atom. The third-order valence-corrected chi connectivity index (χ3v) is 5.71. The van der Waals surface area contributed by atoms with Crippen LogP contribution >= 0.6 is 11.8 Å². The van der Waals surface area contributed by atoms with Gasteiger partial charge in [0.2, 0.25) is 11.8 Å². The van der Waals surface area contributed by atoms with E-state index in [1.165, 1.54) is 25.7 Å². The second-order valence-corrected chi connectivity index (χ2v) is 7.52. The lowest BCUT2D eigenvalue weighted by molar-refractivity contribution is -0.137. The fraction of sp³-hybridized carbons (Fsp3) is 0.857. The Bertz CT molecular complexity index is 376. The zero-order valence-corrected chi connectivity index (χ0v) is 12.9. The minimum atomic E-state index is -0.772. The average Bonchev–Trinajstić information content (AvgIpc) is 2.78. The molecule has 0 aromatic rings. The van der Waals surface area contributed by atoms with E-state index in [1.807, 2.05) is 16.7 Å². The van der Waals surface area contributed by atoms with Crippen molar-refractivity contribution in [3.8, 4) is 0 Å². The van der Waals surface area contributed by atoms with Crippen LogP contribution in [0, 0.1) is 0 Å². The molecule has 2 rings (SSSR count). The molecular weight excluding hydrogens is 260 g/mol. The highest BCUT2D eigenvalue weighted by Crippen LogP contribution is 2.41. The molecule has 0 spiro atoms. The molecule has 0 unspecified atom stereocenters. The van der Waals surface area contributed by atoms with Crippen LogP contribution in [-0.4, -0.2) is 46.3 Å². The molecule has 0 bridgehead atoms. The molecule has 1 heterocycles. The van der Waals surface area contributed by atoms with Gasteiger partial charge in [-0.3, -0.25) is 9.59 Å². The van der Waals surface area contributed by atoms with Gasteiger partial charge in [0.1, 0.15) is 5.54 Å². The SMILES string of the molecule is CSC1(CN2CCC(=O)NC(C)(C)C2=O)CCCC1. The average molecular weight is 284 g/mol. The van der Waals surface area contributed by atoms with Gasteiger partial charge in [-0.1, -0.05) is 12.8 Å². The number of hydrogen-bond acceptors (Lipinski definition) is 3. The van der Waals surface area contributed by atoms with E-state index in [9.17, 15) is 9.59 Å². The van der Waals surface area contributed by atoms with Crippen molar-refractivity contribution in [1.29, 1.82) is 0 Å². The molecule has 1 saturated heterocycles. The second-order valence-electron chi connectivity index (χ2n) is 6.24. The summed E-state index contributed by atoms with van der Waals surface area (Å²) < 4.78 is 0.207. The normalized spacial score (nSPS) is 26.2. The number of rotatable bonds is 3. The standard InChI is InChI=1S/C14H24N2O2S/c1-13(2)12(18)16(9-6-11(17)15-13)10-14(19-3)7-4-5-8-14/h4-10H2,1-3H3,(H,15,17). The number of nitrogens with zero attached hydrogens (tertiary/aromatic N) is 1. The van der Waals surface area contributed by atoms with Crippen molar-refractivity contribution in [3.05, 3.63) is 0 Å². The minimum absolute atomic E-state index is 0.0227. The van der Waals surface area contributed by atoms with Crippen LogP contribution in [0.1, 0.15) is 46.0 Å². The molecule has 5 heteroatoms. The van der Waals surface area contributed by atoms with Gasteiger partial charge < -0.3 is 10.2 Å². The Kier molecular flexibility index (Phi) is 4.14. The molecule has 2 aliphatic rings. The third kappa shape index (κ3) is 3.07. The molecule has 1 aliphatic carbocycles. The monoisotopic (exact) mass is 284 g/mol. The van der Waals surface area contributed by atoms with Gasteiger partial charge in [-0.25, -0.2) is 0 Å². The van der Waals surface area contributed by atoms with Crippen molar-refractivity contribution in [1.82, 2.24) is 10.2 Å². The van der Waals surface area contributed by atoms with Crippen molar-refractivity contribution in [2.45, 2.75) is 56.2 Å². The van der Waals surface area contributed by atoms with E-state index < -0.39 is 5.54 Å². The van der Waals surface area contributed by atoms with Crippen molar-refractivity contribution in [3.63, 3.8) is 0 Å². The van der Waals surface area contributed by atoms with E-state index in [1.54, 1.807) is 13.8 Å². The quantitative estimate of drug-likeness (QED) is 0.859. The van der Waals surface area contributed by atoms with Crippen molar-refractivity contribution in [2.75, 3.05) is 19.3 Å². The van der Waals surface area contributed by atoms with Gasteiger partial charge >= 0.3 is 0 Å². The van der Waals surface area contributed by atoms with E-state index >= 15 is 0 Å². The Labute approximate surface area is 119 Å². The van der Waals surface area contributed by atoms with Gasteiger partial charge in [-0.2, -0.15) is 11.8 Å². The van der Waals surface area contributed by atoms with Crippen LogP contribution in [0.15, 0.2) is 0 Å². The van der Waals surface area contributed by atoms with E-state index in [4.69, 9.17) is 0 Å². The van der Waals surface area contributed by atoms with Crippen molar-refractivity contribution in [2.24, 2.45) is 0 Å². The van der Waals surface area contributed by atoms with Gasteiger partial charge in [-0.05, 0) is 32.9 Å². The molecule has 0 aromatic carbocycles. The van der Waals surface area contributed by atoms with E-state index in [0.29, 0.717) is 13.0 Å². The number of thioether (sulfide) groups is 1. The first-order valence-electron chi connectivity index (χ1n) is 7.04. The first-order chi connectivity index (χ1) is 8.88. The molecule has 0 atom stereocenters. The molecule has 1 aliphatic heterocycles. The summed E-state index contributed by atoms with van der Waals surface area (Å²) in [5, 5.41) is 2.82. The molecule has 1 N–H and O–H groups in total. The highest BCUT2D eigenvalue weighted by molar-refractivity contribution is 8.00. The first-order valence-corrected chi connectivity index (χ1v) is 8.27. The van der Waals surface area contributed by atoms with Gasteiger partial charge in [0.15, 0.2) is 0 Å². The summed E-state index contributed by atoms with van der Waals surface area (Å²) in [6.07, 6.45) is 7.42. The Morgan fingerprint density at radius 3 is 2.47 bits per heavy atom. The van der Waals surface area contributed by atoms with Crippen LogP contribution in [0.25, 0.3) is 0 Å². The maximum absolute atomic E-state index is 12.6. The van der Waals surface area contributed by atoms with Gasteiger partial charge in [-0.15, -0.1) is 0 Å². The summed E-state index contributed by atoms with van der Waals surface area (Å²) in [4.78, 5) is 26.1. The summed E-state index contributed by atoms with van der Waals surface area (Å²) >= 11 is 1.88. The number of carbonyl (C=O) groups is 2. The molecule has 2 amide bonds. The summed E-state index contributed by atoms with van der Waals surface area (Å²) in [6.45, 7) is 4.93. The second kappa shape index (κ2) is 5.35. The van der Waals surface area contributed by atoms with E-state index in [-0.39, 0.29) is 16.6 Å². The lowest BCUT2D eigenvalue weighted by Gasteiger charge is -2.36. The maximum Gasteiger partial charge on any atom is 0.247 e. The van der Waals surface area contributed by atoms with Crippen LogP contribution in [0.3, 0.4) is 0 Å². The summed E-state index contributed by atoms with van der Waals surface area (Å²) in [5.41, 5.74) is -0.772. The summed E-state index contributed by atoms with van der Waals surface area (Å²) in [7, 11) is 0. The molecule has 0 aromatic heterocycles. The third-order valence-electron chi connectivity index (χ3n) is 4.31. The fourth-order valence-electron chi connectivity index (χ4n) is 3.14. The van der Waals surface area contributed by atoms with E-state index in [0.717, 1.165) is 6.54 Å². The minimum Gasteiger partial charge on any atom is -0.342 e. The lowest BCUT2D eigenvalue weighted by atomic mass is 10.0. The van der Waals surface area contributed by atoms with Gasteiger partial charge in [0, 0.05) is 24.3 Å². The molecule has 1 saturated carbocycles. The van der Waals surface area contributed by atoms with Crippen LogP contribution in [0.2, 0.25) is 0 Å². The summed E-state index contributed by atoms with van der Waals surface area (Å²) in [6, 6.07) is 0. The molecule has 19 heavy (non-hydrogen) atoms. The van der Waals surface area contributed by atoms with Crippen LogP contribution in [0.4, 0.5) is 0 Å². The molecule has 0 radical (unpaired) electrons. The Morgan fingerprint density at radius 1 is 1.26 bits per heavy atom. The predicted octanol–water partition coefficient (Wildman–Crippen LogP) is 1.79. The number of carbonyl (C=O) groups excluding carboxylic acids is 2. The zero-order chi connectivity index (χ0) is 14.1. The van der Waals surface area contributed by atoms with Gasteiger partial charge in [0.25, 0.3) is 0 Å². The Hall–Kier alpha value is -0.710. The predicted molar refractivity (Wildman–Crippen MR) is 78.1 cm³/mol. The fourth-order valence-corrected chi connectivity index (χ4v) is 4.12. The number of nitrogens with one attached hydrogen (secondary N) is 1. The van der Waals surface area contributed by atoms with E-state index in [2.05, 4.69) is 11.6 Å². The smallest absolute Gasteiger partial charge is 0.247 e. The molecule has 108 valence electrons. The number of hydrogen-bond donors (Lipinski definition) is 1. The zero-order valence-electron chi connectivity index (χ0n) is 12.1. The highest BCUT2D eigenvalue weighted by atomic mass is 32.2. The number of amides is 2. The van der Waals surface area contributed by atoms with Crippen LogP contribution in [0.5, 0.6) is 0 Å². The highest BCUT2D eigenvalue weighted by Gasteiger charge is 2.41. The molecule has 4 nitrogen and oxygen atoms in total. The van der Waals surface area contributed by atoms with Crippen LogP contribution < -0.4 is 5.32 Å². The van der Waals surface area contributed by atoms with Gasteiger partial charge in [0.05, 0.1) is 0 Å². The molecule has 2 fully saturated rings. The van der Waals surface area contributed by atoms with Crippen molar-refractivity contribution < 1.29 is 9.59 Å². The largest absolute Gasteiger partial charge is 0.342 e. The Balaban J connectivity index is 2.14. The summed E-state index contributed by atoms with van der Waals surface area (Å²) in [5.74, 6) is 0.0316. The van der Waals surface area contributed by atoms with Crippen molar-refractivity contribution >= 4 is 23.6 Å².